The molecule has 0 aliphatic rings. The fourth-order valence-corrected chi connectivity index (χ4v) is 2.65. The predicted molar refractivity (Wildman–Crippen MR) is 99.3 cm³/mol. The highest BCUT2D eigenvalue weighted by molar-refractivity contribution is 5.56. The van der Waals surface area contributed by atoms with Crippen molar-refractivity contribution >= 4 is 17.5 Å². The van der Waals surface area contributed by atoms with Gasteiger partial charge in [-0.3, -0.25) is 0 Å². The van der Waals surface area contributed by atoms with Crippen LogP contribution in [-0.2, 0) is 6.54 Å². The van der Waals surface area contributed by atoms with Crippen molar-refractivity contribution in [2.24, 2.45) is 0 Å². The van der Waals surface area contributed by atoms with E-state index in [1.165, 1.54) is 11.1 Å². The van der Waals surface area contributed by atoms with Crippen molar-refractivity contribution < 1.29 is 4.74 Å². The number of methoxy groups -OCH3 is 1. The molecule has 6 heteroatoms. The fourth-order valence-electron chi connectivity index (χ4n) is 2.65. The second kappa shape index (κ2) is 7.61. The van der Waals surface area contributed by atoms with E-state index in [9.17, 15) is 0 Å². The van der Waals surface area contributed by atoms with Crippen LogP contribution in [0.5, 0.6) is 5.75 Å². The lowest BCUT2D eigenvalue weighted by Crippen LogP contribution is -2.06. The number of hydrogen-bond donors (Lipinski definition) is 2. The molecule has 3 aromatic rings. The Morgan fingerprint density at radius 2 is 1.80 bits per heavy atom. The van der Waals surface area contributed by atoms with Gasteiger partial charge in [0.2, 0.25) is 5.95 Å². The zero-order valence-corrected chi connectivity index (χ0v) is 14.6. The van der Waals surface area contributed by atoms with Gasteiger partial charge in [0.1, 0.15) is 5.75 Å². The van der Waals surface area contributed by atoms with Crippen LogP contribution < -0.4 is 15.4 Å². The molecule has 0 unspecified atom stereocenters. The molecule has 128 valence electrons. The van der Waals surface area contributed by atoms with Gasteiger partial charge in [0.05, 0.1) is 13.3 Å². The van der Waals surface area contributed by atoms with Crippen LogP contribution in [0.25, 0.3) is 0 Å². The minimum Gasteiger partial charge on any atom is -0.496 e. The van der Waals surface area contributed by atoms with E-state index in [-0.39, 0.29) is 0 Å². The number of hydrogen-bond acceptors (Lipinski definition) is 6. The first kappa shape index (κ1) is 16.7. The highest BCUT2D eigenvalue weighted by atomic mass is 16.5. The molecule has 0 amide bonds. The van der Waals surface area contributed by atoms with Gasteiger partial charge in [-0.25, -0.2) is 0 Å². The molecule has 0 aliphatic heterocycles. The molecular formula is C19H21N5O. The summed E-state index contributed by atoms with van der Waals surface area (Å²) in [6.45, 7) is 4.71. The van der Waals surface area contributed by atoms with E-state index in [0.717, 1.165) is 17.0 Å². The van der Waals surface area contributed by atoms with Crippen molar-refractivity contribution in [3.63, 3.8) is 0 Å². The highest BCUT2D eigenvalue weighted by Gasteiger charge is 2.05. The summed E-state index contributed by atoms with van der Waals surface area (Å²) < 4.78 is 5.36. The Morgan fingerprint density at radius 3 is 2.56 bits per heavy atom. The first-order chi connectivity index (χ1) is 12.1. The monoisotopic (exact) mass is 335 g/mol. The van der Waals surface area contributed by atoms with Crippen LogP contribution >= 0.6 is 0 Å². The Morgan fingerprint density at radius 1 is 1.04 bits per heavy atom. The molecular weight excluding hydrogens is 314 g/mol. The lowest BCUT2D eigenvalue weighted by atomic mass is 10.1. The Bertz CT molecular complexity index is 846. The molecule has 2 aromatic carbocycles. The average molecular weight is 335 g/mol. The van der Waals surface area contributed by atoms with Crippen LogP contribution in [0, 0.1) is 13.8 Å². The number of rotatable bonds is 6. The maximum atomic E-state index is 5.36. The second-order valence-electron chi connectivity index (χ2n) is 5.83. The Balaban J connectivity index is 1.71. The third-order valence-corrected chi connectivity index (χ3v) is 3.69. The Hall–Kier alpha value is -3.15. The molecule has 6 nitrogen and oxygen atoms in total. The lowest BCUT2D eigenvalue weighted by molar-refractivity contribution is 0.410. The molecule has 2 N–H and O–H groups in total. The largest absolute Gasteiger partial charge is 0.496 e. The maximum absolute atomic E-state index is 5.36. The fraction of sp³-hybridized carbons (Fsp3) is 0.211. The summed E-state index contributed by atoms with van der Waals surface area (Å²) in [4.78, 5) is 4.46. The van der Waals surface area contributed by atoms with Crippen LogP contribution in [0.15, 0.2) is 48.7 Å². The number of aryl methyl sites for hydroxylation is 2. The van der Waals surface area contributed by atoms with Gasteiger partial charge < -0.3 is 15.4 Å². The van der Waals surface area contributed by atoms with E-state index >= 15 is 0 Å². The molecule has 0 saturated carbocycles. The van der Waals surface area contributed by atoms with Crippen molar-refractivity contribution in [3.8, 4) is 5.75 Å². The van der Waals surface area contributed by atoms with Gasteiger partial charge >= 0.3 is 0 Å². The average Bonchev–Trinajstić information content (AvgIpc) is 2.59. The Labute approximate surface area is 147 Å². The Kier molecular flexibility index (Phi) is 5.09. The van der Waals surface area contributed by atoms with Crippen molar-refractivity contribution in [1.82, 2.24) is 15.2 Å². The maximum Gasteiger partial charge on any atom is 0.249 e. The first-order valence-electron chi connectivity index (χ1n) is 8.05. The number of anilines is 3. The van der Waals surface area contributed by atoms with Crippen LogP contribution in [0.1, 0.15) is 16.7 Å². The number of nitrogens with zero attached hydrogens (tertiary/aromatic N) is 3. The van der Waals surface area contributed by atoms with Crippen LogP contribution in [-0.4, -0.2) is 22.3 Å². The number of para-hydroxylation sites is 1. The first-order valence-corrected chi connectivity index (χ1v) is 8.05. The number of aromatic nitrogens is 3. The van der Waals surface area contributed by atoms with Crippen molar-refractivity contribution in [2.75, 3.05) is 17.7 Å². The van der Waals surface area contributed by atoms with Gasteiger partial charge in [-0.1, -0.05) is 24.3 Å². The summed E-state index contributed by atoms with van der Waals surface area (Å²) in [5, 5.41) is 14.5. The van der Waals surface area contributed by atoms with Crippen molar-refractivity contribution in [1.29, 1.82) is 0 Å². The molecule has 0 aliphatic carbocycles. The molecule has 0 atom stereocenters. The number of ether oxygens (including phenoxy) is 1. The molecule has 0 saturated heterocycles. The van der Waals surface area contributed by atoms with E-state index in [0.29, 0.717) is 18.3 Å². The lowest BCUT2D eigenvalue weighted by Gasteiger charge is -2.11. The zero-order valence-electron chi connectivity index (χ0n) is 14.6. The molecule has 25 heavy (non-hydrogen) atoms. The third kappa shape index (κ3) is 4.44. The van der Waals surface area contributed by atoms with E-state index in [1.807, 2.05) is 36.4 Å². The van der Waals surface area contributed by atoms with E-state index in [2.05, 4.69) is 45.7 Å². The van der Waals surface area contributed by atoms with Crippen LogP contribution in [0.3, 0.4) is 0 Å². The minimum atomic E-state index is 0.454. The van der Waals surface area contributed by atoms with Gasteiger partial charge in [-0.2, -0.15) is 10.1 Å². The van der Waals surface area contributed by atoms with E-state index in [4.69, 9.17) is 4.74 Å². The van der Waals surface area contributed by atoms with Crippen molar-refractivity contribution in [2.45, 2.75) is 20.4 Å². The van der Waals surface area contributed by atoms with Gasteiger partial charge in [0.15, 0.2) is 5.82 Å². The number of nitrogens with one attached hydrogen (secondary N) is 2. The van der Waals surface area contributed by atoms with Gasteiger partial charge in [0.25, 0.3) is 0 Å². The predicted octanol–water partition coefficient (Wildman–Crippen LogP) is 3.85. The van der Waals surface area contributed by atoms with Gasteiger partial charge in [-0.05, 0) is 43.2 Å². The molecule has 1 heterocycles. The number of benzene rings is 2. The molecule has 0 fully saturated rings. The van der Waals surface area contributed by atoms with Gasteiger partial charge in [-0.15, -0.1) is 5.10 Å². The van der Waals surface area contributed by atoms with E-state index in [1.54, 1.807) is 13.3 Å². The SMILES string of the molecule is COc1ccccc1CNc1cnnc(Nc2cc(C)cc(C)c2)n1. The standard InChI is InChI=1S/C19H21N5O/c1-13-8-14(2)10-16(9-13)22-19-23-18(12-21-24-19)20-11-15-6-4-5-7-17(15)25-3/h4-10,12H,11H2,1-3H3,(H2,20,22,23,24). The van der Waals surface area contributed by atoms with Crippen LogP contribution in [0.4, 0.5) is 17.5 Å². The highest BCUT2D eigenvalue weighted by Crippen LogP contribution is 2.20. The summed E-state index contributed by atoms with van der Waals surface area (Å²) in [6, 6.07) is 14.1. The molecule has 3 rings (SSSR count). The summed E-state index contributed by atoms with van der Waals surface area (Å²) in [6.07, 6.45) is 1.60. The zero-order chi connectivity index (χ0) is 17.6. The minimum absolute atomic E-state index is 0.454. The topological polar surface area (TPSA) is 72.0 Å². The van der Waals surface area contributed by atoms with Gasteiger partial charge in [0, 0.05) is 17.8 Å². The second-order valence-corrected chi connectivity index (χ2v) is 5.83. The molecule has 0 spiro atoms. The molecule has 0 radical (unpaired) electrons. The normalized spacial score (nSPS) is 10.4. The summed E-state index contributed by atoms with van der Waals surface area (Å²) in [7, 11) is 1.66. The smallest absolute Gasteiger partial charge is 0.249 e. The molecule has 0 bridgehead atoms. The molecule has 1 aromatic heterocycles. The summed E-state index contributed by atoms with van der Waals surface area (Å²) in [5.74, 6) is 1.94. The van der Waals surface area contributed by atoms with E-state index < -0.39 is 0 Å². The summed E-state index contributed by atoms with van der Waals surface area (Å²) in [5.41, 5.74) is 4.36. The third-order valence-electron chi connectivity index (χ3n) is 3.69. The van der Waals surface area contributed by atoms with Crippen LogP contribution in [0.2, 0.25) is 0 Å². The quantitative estimate of drug-likeness (QED) is 0.713. The van der Waals surface area contributed by atoms with Crippen molar-refractivity contribution in [3.05, 3.63) is 65.4 Å². The summed E-state index contributed by atoms with van der Waals surface area (Å²) >= 11 is 0.